The lowest BCUT2D eigenvalue weighted by Crippen LogP contribution is -2.54. The molecule has 1 unspecified atom stereocenters. The van der Waals surface area contributed by atoms with E-state index in [1.54, 1.807) is 0 Å². The van der Waals surface area contributed by atoms with Crippen molar-refractivity contribution in [1.82, 2.24) is 15.4 Å². The number of rotatable bonds is 5. The van der Waals surface area contributed by atoms with Crippen molar-refractivity contribution >= 4 is 6.03 Å². The number of hydrogen-bond acceptors (Lipinski definition) is 4. The van der Waals surface area contributed by atoms with Crippen LogP contribution >= 0.6 is 0 Å². The summed E-state index contributed by atoms with van der Waals surface area (Å²) in [6.07, 6.45) is 2.66. The van der Waals surface area contributed by atoms with E-state index in [-0.39, 0.29) is 11.6 Å². The number of aryl methyl sites for hydroxylation is 2. The van der Waals surface area contributed by atoms with Crippen molar-refractivity contribution in [2.75, 3.05) is 26.2 Å². The Balaban J connectivity index is 1.74. The van der Waals surface area contributed by atoms with Crippen LogP contribution in [0.2, 0.25) is 0 Å². The van der Waals surface area contributed by atoms with E-state index < -0.39 is 0 Å². The molecule has 1 aromatic rings. The van der Waals surface area contributed by atoms with Gasteiger partial charge in [0, 0.05) is 18.7 Å². The summed E-state index contributed by atoms with van der Waals surface area (Å²) in [4.78, 5) is 14.1. The topological polar surface area (TPSA) is 67.6 Å². The highest BCUT2D eigenvalue weighted by Crippen LogP contribution is 2.21. The number of nitrogens with zero attached hydrogens (tertiary/aromatic N) is 2. The maximum Gasteiger partial charge on any atom is 0.317 e. The SMILES string of the molecule is CCC1(C)CN(C(=O)NCCCc2c(C)noc2C)CCO1. The predicted octanol–water partition coefficient (Wildman–Crippen LogP) is 2.43. The molecule has 1 saturated heterocycles. The molecular weight excluding hydrogens is 282 g/mol. The van der Waals surface area contributed by atoms with Crippen LogP contribution in [0.5, 0.6) is 0 Å². The molecule has 1 aromatic heterocycles. The third-order valence-corrected chi connectivity index (χ3v) is 4.43. The molecule has 1 fully saturated rings. The molecule has 1 aliphatic heterocycles. The largest absolute Gasteiger partial charge is 0.372 e. The van der Waals surface area contributed by atoms with Gasteiger partial charge in [-0.15, -0.1) is 0 Å². The minimum Gasteiger partial charge on any atom is -0.372 e. The van der Waals surface area contributed by atoms with Gasteiger partial charge in [-0.3, -0.25) is 0 Å². The number of aromatic nitrogens is 1. The molecule has 2 amide bonds. The fourth-order valence-electron chi connectivity index (χ4n) is 2.75. The predicted molar refractivity (Wildman–Crippen MR) is 83.9 cm³/mol. The summed E-state index contributed by atoms with van der Waals surface area (Å²) in [5, 5.41) is 6.94. The summed E-state index contributed by atoms with van der Waals surface area (Å²) in [6, 6.07) is 0.00161. The van der Waals surface area contributed by atoms with E-state index in [1.165, 1.54) is 0 Å². The van der Waals surface area contributed by atoms with Gasteiger partial charge < -0.3 is 19.5 Å². The van der Waals surface area contributed by atoms with Crippen LogP contribution in [0.4, 0.5) is 4.79 Å². The summed E-state index contributed by atoms with van der Waals surface area (Å²) in [5.74, 6) is 0.871. The molecule has 0 bridgehead atoms. The average Bonchev–Trinajstić information content (AvgIpc) is 2.82. The fourth-order valence-corrected chi connectivity index (χ4v) is 2.75. The van der Waals surface area contributed by atoms with Crippen molar-refractivity contribution in [3.8, 4) is 0 Å². The first-order valence-corrected chi connectivity index (χ1v) is 8.03. The number of nitrogens with one attached hydrogen (secondary N) is 1. The molecule has 0 aliphatic carbocycles. The molecule has 1 aliphatic rings. The smallest absolute Gasteiger partial charge is 0.317 e. The lowest BCUT2D eigenvalue weighted by molar-refractivity contribution is -0.0872. The zero-order chi connectivity index (χ0) is 16.2. The van der Waals surface area contributed by atoms with Gasteiger partial charge in [0.05, 0.1) is 24.4 Å². The van der Waals surface area contributed by atoms with Crippen LogP contribution in [-0.2, 0) is 11.2 Å². The van der Waals surface area contributed by atoms with Crippen LogP contribution in [0.25, 0.3) is 0 Å². The van der Waals surface area contributed by atoms with Gasteiger partial charge in [0.2, 0.25) is 0 Å². The van der Waals surface area contributed by atoms with Crippen LogP contribution in [0.3, 0.4) is 0 Å². The second-order valence-corrected chi connectivity index (χ2v) is 6.21. The van der Waals surface area contributed by atoms with Gasteiger partial charge in [0.15, 0.2) is 0 Å². The van der Waals surface area contributed by atoms with Crippen LogP contribution in [0, 0.1) is 13.8 Å². The quantitative estimate of drug-likeness (QED) is 0.848. The highest BCUT2D eigenvalue weighted by molar-refractivity contribution is 5.74. The zero-order valence-electron chi connectivity index (χ0n) is 14.1. The first-order chi connectivity index (χ1) is 10.4. The molecule has 6 heteroatoms. The lowest BCUT2D eigenvalue weighted by atomic mass is 10.0. The maximum atomic E-state index is 12.2. The molecule has 6 nitrogen and oxygen atoms in total. The summed E-state index contributed by atoms with van der Waals surface area (Å²) in [7, 11) is 0. The number of hydrogen-bond donors (Lipinski definition) is 1. The van der Waals surface area contributed by atoms with Gasteiger partial charge in [0.25, 0.3) is 0 Å². The van der Waals surface area contributed by atoms with Crippen LogP contribution in [0.1, 0.15) is 43.7 Å². The van der Waals surface area contributed by atoms with Gasteiger partial charge in [-0.25, -0.2) is 4.79 Å². The van der Waals surface area contributed by atoms with Crippen molar-refractivity contribution in [3.63, 3.8) is 0 Å². The third kappa shape index (κ3) is 4.00. The Kier molecular flexibility index (Phi) is 5.45. The first kappa shape index (κ1) is 16.8. The maximum absolute atomic E-state index is 12.2. The molecule has 124 valence electrons. The molecular formula is C16H27N3O3. The highest BCUT2D eigenvalue weighted by atomic mass is 16.5. The van der Waals surface area contributed by atoms with E-state index in [4.69, 9.17) is 9.26 Å². The van der Waals surface area contributed by atoms with Gasteiger partial charge >= 0.3 is 6.03 Å². The van der Waals surface area contributed by atoms with Crippen molar-refractivity contribution < 1.29 is 14.1 Å². The molecule has 0 spiro atoms. The minimum absolute atomic E-state index is 0.00161. The van der Waals surface area contributed by atoms with Crippen molar-refractivity contribution in [2.45, 2.75) is 52.6 Å². The highest BCUT2D eigenvalue weighted by Gasteiger charge is 2.32. The standard InChI is InChI=1S/C16H27N3O3/c1-5-16(4)11-19(9-10-21-16)15(20)17-8-6-7-14-12(2)18-22-13(14)3/h5-11H2,1-4H3,(H,17,20). The molecule has 1 atom stereocenters. The van der Waals surface area contributed by atoms with E-state index in [1.807, 2.05) is 18.7 Å². The second kappa shape index (κ2) is 7.13. The lowest BCUT2D eigenvalue weighted by Gasteiger charge is -2.39. The molecule has 0 saturated carbocycles. The minimum atomic E-state index is -0.216. The normalized spacial score (nSPS) is 21.9. The third-order valence-electron chi connectivity index (χ3n) is 4.43. The number of carbonyl (C=O) groups excluding carboxylic acids is 1. The summed E-state index contributed by atoms with van der Waals surface area (Å²) >= 11 is 0. The van der Waals surface area contributed by atoms with Crippen LogP contribution < -0.4 is 5.32 Å². The first-order valence-electron chi connectivity index (χ1n) is 8.03. The molecule has 0 aromatic carbocycles. The zero-order valence-corrected chi connectivity index (χ0v) is 14.1. The average molecular weight is 309 g/mol. The molecule has 1 N–H and O–H groups in total. The number of morpholine rings is 1. The van der Waals surface area contributed by atoms with Crippen LogP contribution in [-0.4, -0.2) is 47.9 Å². The summed E-state index contributed by atoms with van der Waals surface area (Å²) in [5.41, 5.74) is 1.88. The number of carbonyl (C=O) groups is 1. The van der Waals surface area contributed by atoms with E-state index >= 15 is 0 Å². The molecule has 22 heavy (non-hydrogen) atoms. The molecule has 2 heterocycles. The van der Waals surface area contributed by atoms with E-state index in [0.29, 0.717) is 26.2 Å². The van der Waals surface area contributed by atoms with E-state index in [9.17, 15) is 4.79 Å². The Morgan fingerprint density at radius 3 is 2.86 bits per heavy atom. The molecule has 0 radical (unpaired) electrons. The summed E-state index contributed by atoms with van der Waals surface area (Å²) in [6.45, 7) is 10.6. The van der Waals surface area contributed by atoms with Gasteiger partial charge in [-0.05, 0) is 40.0 Å². The van der Waals surface area contributed by atoms with Gasteiger partial charge in [-0.2, -0.15) is 0 Å². The Hall–Kier alpha value is -1.56. The number of ether oxygens (including phenoxy) is 1. The van der Waals surface area contributed by atoms with Crippen molar-refractivity contribution in [1.29, 1.82) is 0 Å². The van der Waals surface area contributed by atoms with Gasteiger partial charge in [-0.1, -0.05) is 12.1 Å². The van der Waals surface area contributed by atoms with Crippen molar-refractivity contribution in [2.24, 2.45) is 0 Å². The van der Waals surface area contributed by atoms with Gasteiger partial charge in [0.1, 0.15) is 5.76 Å². The monoisotopic (exact) mass is 309 g/mol. The Morgan fingerprint density at radius 2 is 2.23 bits per heavy atom. The Labute approximate surface area is 132 Å². The fraction of sp³-hybridized carbons (Fsp3) is 0.750. The van der Waals surface area contributed by atoms with E-state index in [0.717, 1.165) is 36.3 Å². The summed E-state index contributed by atoms with van der Waals surface area (Å²) < 4.78 is 10.9. The second-order valence-electron chi connectivity index (χ2n) is 6.21. The molecule has 2 rings (SSSR count). The number of amides is 2. The Morgan fingerprint density at radius 1 is 1.45 bits per heavy atom. The van der Waals surface area contributed by atoms with Crippen LogP contribution in [0.15, 0.2) is 4.52 Å². The number of urea groups is 1. The van der Waals surface area contributed by atoms with Crippen molar-refractivity contribution in [3.05, 3.63) is 17.0 Å². The van der Waals surface area contributed by atoms with E-state index in [2.05, 4.69) is 24.3 Å². The Bertz CT molecular complexity index is 495.